The van der Waals surface area contributed by atoms with E-state index in [9.17, 15) is 4.79 Å². The molecule has 4 nitrogen and oxygen atoms in total. The van der Waals surface area contributed by atoms with Crippen molar-refractivity contribution in [3.8, 4) is 6.07 Å². The second-order valence-electron chi connectivity index (χ2n) is 3.81. The first-order chi connectivity index (χ1) is 9.20. The van der Waals surface area contributed by atoms with Gasteiger partial charge >= 0.3 is 0 Å². The maximum atomic E-state index is 12.0. The fourth-order valence-electron chi connectivity index (χ4n) is 1.59. The number of hydrogen-bond acceptors (Lipinski definition) is 3. The van der Waals surface area contributed by atoms with Gasteiger partial charge in [0.1, 0.15) is 11.2 Å². The Morgan fingerprint density at radius 2 is 2.05 bits per heavy atom. The molecule has 1 heterocycles. The molecule has 1 unspecified atom stereocenters. The Balaban J connectivity index is 2.16. The van der Waals surface area contributed by atoms with Gasteiger partial charge in [-0.3, -0.25) is 4.79 Å². The molecule has 5 heteroatoms. The Hall–Kier alpha value is -2.38. The molecule has 1 aromatic carbocycles. The lowest BCUT2D eigenvalue weighted by molar-refractivity contribution is 0.0945. The highest BCUT2D eigenvalue weighted by Gasteiger charge is 2.14. The molecule has 2 aromatic rings. The van der Waals surface area contributed by atoms with Crippen LogP contribution in [0.2, 0.25) is 5.15 Å². The zero-order chi connectivity index (χ0) is 13.7. The van der Waals surface area contributed by atoms with Crippen molar-refractivity contribution in [2.75, 3.05) is 0 Å². The molecule has 0 spiro atoms. The maximum absolute atomic E-state index is 12.0. The molecule has 0 bridgehead atoms. The van der Waals surface area contributed by atoms with Gasteiger partial charge in [-0.25, -0.2) is 4.98 Å². The minimum atomic E-state index is -0.694. The van der Waals surface area contributed by atoms with Crippen LogP contribution in [0, 0.1) is 11.3 Å². The molecule has 0 saturated carbocycles. The summed E-state index contributed by atoms with van der Waals surface area (Å²) in [5.41, 5.74) is 1.11. The average molecular weight is 272 g/mol. The normalized spacial score (nSPS) is 11.4. The minimum Gasteiger partial charge on any atom is -0.332 e. The smallest absolute Gasteiger partial charge is 0.252 e. The molecule has 1 amide bonds. The van der Waals surface area contributed by atoms with Crippen LogP contribution >= 0.6 is 11.6 Å². The lowest BCUT2D eigenvalue weighted by atomic mass is 10.1. The summed E-state index contributed by atoms with van der Waals surface area (Å²) in [5, 5.41) is 12.0. The Morgan fingerprint density at radius 1 is 1.32 bits per heavy atom. The van der Waals surface area contributed by atoms with Crippen LogP contribution in [0.3, 0.4) is 0 Å². The standard InChI is InChI=1S/C14H10ClN3O/c15-13-8-11(6-7-17-13)14(19)18-12(9-16)10-4-2-1-3-5-10/h1-8,12H,(H,18,19). The van der Waals surface area contributed by atoms with Gasteiger partial charge < -0.3 is 5.32 Å². The van der Waals surface area contributed by atoms with E-state index in [4.69, 9.17) is 16.9 Å². The molecule has 0 saturated heterocycles. The highest BCUT2D eigenvalue weighted by molar-refractivity contribution is 6.29. The van der Waals surface area contributed by atoms with E-state index >= 15 is 0 Å². The van der Waals surface area contributed by atoms with Gasteiger partial charge in [0.25, 0.3) is 5.91 Å². The molecule has 1 aromatic heterocycles. The predicted molar refractivity (Wildman–Crippen MR) is 71.5 cm³/mol. The molecule has 0 fully saturated rings. The molecule has 94 valence electrons. The number of hydrogen-bond donors (Lipinski definition) is 1. The van der Waals surface area contributed by atoms with Gasteiger partial charge in [-0.1, -0.05) is 41.9 Å². The van der Waals surface area contributed by atoms with Crippen molar-refractivity contribution in [2.24, 2.45) is 0 Å². The summed E-state index contributed by atoms with van der Waals surface area (Å²) in [6, 6.07) is 13.4. The number of pyridine rings is 1. The maximum Gasteiger partial charge on any atom is 0.252 e. The molecular weight excluding hydrogens is 262 g/mol. The van der Waals surface area contributed by atoms with Crippen LogP contribution in [0.25, 0.3) is 0 Å². The van der Waals surface area contributed by atoms with E-state index in [1.807, 2.05) is 18.2 Å². The lowest BCUT2D eigenvalue weighted by Crippen LogP contribution is -2.27. The third-order valence-electron chi connectivity index (χ3n) is 2.53. The summed E-state index contributed by atoms with van der Waals surface area (Å²) < 4.78 is 0. The summed E-state index contributed by atoms with van der Waals surface area (Å²) in [6.45, 7) is 0. The van der Waals surface area contributed by atoms with Crippen molar-refractivity contribution in [3.63, 3.8) is 0 Å². The first-order valence-corrected chi connectivity index (χ1v) is 5.95. The van der Waals surface area contributed by atoms with Gasteiger partial charge in [0, 0.05) is 11.8 Å². The van der Waals surface area contributed by atoms with Gasteiger partial charge in [-0.05, 0) is 17.7 Å². The highest BCUT2D eigenvalue weighted by Crippen LogP contribution is 2.13. The molecule has 1 N–H and O–H groups in total. The van der Waals surface area contributed by atoms with Crippen molar-refractivity contribution >= 4 is 17.5 Å². The molecule has 0 aliphatic rings. The van der Waals surface area contributed by atoms with Crippen LogP contribution in [0.1, 0.15) is 22.0 Å². The Labute approximate surface area is 115 Å². The van der Waals surface area contributed by atoms with E-state index in [2.05, 4.69) is 16.4 Å². The van der Waals surface area contributed by atoms with Crippen molar-refractivity contribution in [3.05, 3.63) is 64.9 Å². The molecule has 1 atom stereocenters. The molecule has 0 aliphatic heterocycles. The molecular formula is C14H10ClN3O. The van der Waals surface area contributed by atoms with E-state index in [0.29, 0.717) is 5.56 Å². The number of rotatable bonds is 3. The fraction of sp³-hybridized carbons (Fsp3) is 0.0714. The number of nitriles is 1. The monoisotopic (exact) mass is 271 g/mol. The first kappa shape index (κ1) is 13.1. The van der Waals surface area contributed by atoms with Crippen molar-refractivity contribution in [2.45, 2.75) is 6.04 Å². The van der Waals surface area contributed by atoms with E-state index in [-0.39, 0.29) is 11.1 Å². The van der Waals surface area contributed by atoms with Gasteiger partial charge in [0.05, 0.1) is 6.07 Å². The van der Waals surface area contributed by atoms with Crippen LogP contribution in [0.4, 0.5) is 0 Å². The number of nitrogens with one attached hydrogen (secondary N) is 1. The van der Waals surface area contributed by atoms with E-state index < -0.39 is 6.04 Å². The van der Waals surface area contributed by atoms with Crippen LogP contribution in [0.5, 0.6) is 0 Å². The van der Waals surface area contributed by atoms with E-state index in [1.165, 1.54) is 12.3 Å². The van der Waals surface area contributed by atoms with E-state index in [1.54, 1.807) is 18.2 Å². The van der Waals surface area contributed by atoms with Crippen molar-refractivity contribution in [1.82, 2.24) is 10.3 Å². The summed E-state index contributed by atoms with van der Waals surface area (Å²) in [5.74, 6) is -0.361. The van der Waals surface area contributed by atoms with Crippen LogP contribution in [-0.2, 0) is 0 Å². The number of carbonyl (C=O) groups excluding carboxylic acids is 1. The minimum absolute atomic E-state index is 0.237. The lowest BCUT2D eigenvalue weighted by Gasteiger charge is -2.11. The quantitative estimate of drug-likeness (QED) is 0.873. The van der Waals surface area contributed by atoms with Gasteiger partial charge in [-0.15, -0.1) is 0 Å². The first-order valence-electron chi connectivity index (χ1n) is 5.57. The Bertz CT molecular complexity index is 622. The van der Waals surface area contributed by atoms with Gasteiger partial charge in [0.15, 0.2) is 0 Å². The zero-order valence-electron chi connectivity index (χ0n) is 9.88. The molecule has 0 aliphatic carbocycles. The second-order valence-corrected chi connectivity index (χ2v) is 4.20. The predicted octanol–water partition coefficient (Wildman–Crippen LogP) is 2.73. The summed E-state index contributed by atoms with van der Waals surface area (Å²) in [6.07, 6.45) is 1.45. The zero-order valence-corrected chi connectivity index (χ0v) is 10.6. The summed E-state index contributed by atoms with van der Waals surface area (Å²) >= 11 is 5.72. The Kier molecular flexibility index (Phi) is 4.11. The number of carbonyl (C=O) groups is 1. The largest absolute Gasteiger partial charge is 0.332 e. The van der Waals surface area contributed by atoms with Crippen molar-refractivity contribution in [1.29, 1.82) is 5.26 Å². The SMILES string of the molecule is N#CC(NC(=O)c1ccnc(Cl)c1)c1ccccc1. The topological polar surface area (TPSA) is 65.8 Å². The number of halogens is 1. The van der Waals surface area contributed by atoms with Crippen LogP contribution in [-0.4, -0.2) is 10.9 Å². The van der Waals surface area contributed by atoms with Gasteiger partial charge in [0.2, 0.25) is 0 Å². The average Bonchev–Trinajstić information content (AvgIpc) is 2.45. The second kappa shape index (κ2) is 5.98. The number of aromatic nitrogens is 1. The molecule has 2 rings (SSSR count). The highest BCUT2D eigenvalue weighted by atomic mass is 35.5. The van der Waals surface area contributed by atoms with Crippen LogP contribution in [0.15, 0.2) is 48.7 Å². The number of amides is 1. The number of nitrogens with zero attached hydrogens (tertiary/aromatic N) is 2. The Morgan fingerprint density at radius 3 is 2.68 bits per heavy atom. The summed E-state index contributed by atoms with van der Waals surface area (Å²) in [7, 11) is 0. The molecule has 19 heavy (non-hydrogen) atoms. The van der Waals surface area contributed by atoms with Crippen LogP contribution < -0.4 is 5.32 Å². The van der Waals surface area contributed by atoms with E-state index in [0.717, 1.165) is 5.56 Å². The molecule has 0 radical (unpaired) electrons. The van der Waals surface area contributed by atoms with Crippen molar-refractivity contribution < 1.29 is 4.79 Å². The third kappa shape index (κ3) is 3.30. The number of benzene rings is 1. The fourth-order valence-corrected chi connectivity index (χ4v) is 1.77. The van der Waals surface area contributed by atoms with Gasteiger partial charge in [-0.2, -0.15) is 5.26 Å². The third-order valence-corrected chi connectivity index (χ3v) is 2.73. The summed E-state index contributed by atoms with van der Waals surface area (Å²) in [4.78, 5) is 15.8.